The fraction of sp³-hybridized carbons (Fsp3) is 0.227. The van der Waals surface area contributed by atoms with E-state index >= 15 is 0 Å². The first-order valence-corrected chi connectivity index (χ1v) is 11.6. The lowest BCUT2D eigenvalue weighted by molar-refractivity contribution is 0.779. The molecule has 8 heteroatoms. The molecule has 30 heavy (non-hydrogen) atoms. The van der Waals surface area contributed by atoms with Gasteiger partial charge in [-0.3, -0.25) is 0 Å². The summed E-state index contributed by atoms with van der Waals surface area (Å²) < 4.78 is 1.85. The van der Waals surface area contributed by atoms with Gasteiger partial charge in [-0.2, -0.15) is 5.10 Å². The van der Waals surface area contributed by atoms with Crippen molar-refractivity contribution in [1.82, 2.24) is 20.0 Å². The molecule has 4 nitrogen and oxygen atoms in total. The standard InChI is InChI=1S/C22H19Cl3N4S/c1-3-4-5-19-26-27-22(30-19)20-13(2)21(14-6-8-15(23)9-7-14)29(28-20)18-11-10-16(24)12-17(18)25/h6-12H,3-5H2,1-2H3. The Balaban J connectivity index is 1.89. The van der Waals surface area contributed by atoms with Crippen molar-refractivity contribution in [1.29, 1.82) is 0 Å². The highest BCUT2D eigenvalue weighted by Crippen LogP contribution is 2.37. The van der Waals surface area contributed by atoms with Crippen molar-refractivity contribution in [3.63, 3.8) is 0 Å². The van der Waals surface area contributed by atoms with E-state index in [-0.39, 0.29) is 0 Å². The van der Waals surface area contributed by atoms with Crippen molar-refractivity contribution < 1.29 is 0 Å². The number of hydrogen-bond donors (Lipinski definition) is 0. The van der Waals surface area contributed by atoms with E-state index in [4.69, 9.17) is 39.9 Å². The Morgan fingerprint density at radius 3 is 2.40 bits per heavy atom. The van der Waals surface area contributed by atoms with E-state index in [2.05, 4.69) is 17.1 Å². The second kappa shape index (κ2) is 9.06. The minimum Gasteiger partial charge on any atom is -0.231 e. The molecular weight excluding hydrogens is 459 g/mol. The highest BCUT2D eigenvalue weighted by Gasteiger charge is 2.22. The van der Waals surface area contributed by atoms with Gasteiger partial charge in [0.2, 0.25) is 0 Å². The molecule has 0 amide bonds. The van der Waals surface area contributed by atoms with Crippen LogP contribution in [0.15, 0.2) is 42.5 Å². The third kappa shape index (κ3) is 4.26. The van der Waals surface area contributed by atoms with E-state index in [1.165, 1.54) is 0 Å². The Morgan fingerprint density at radius 1 is 0.967 bits per heavy atom. The van der Waals surface area contributed by atoms with E-state index in [1.54, 1.807) is 23.5 Å². The Morgan fingerprint density at radius 2 is 1.70 bits per heavy atom. The Hall–Kier alpha value is -1.92. The Bertz CT molecular complexity index is 1180. The zero-order valence-corrected chi connectivity index (χ0v) is 19.6. The summed E-state index contributed by atoms with van der Waals surface area (Å²) in [6.07, 6.45) is 3.15. The first kappa shape index (κ1) is 21.3. The average Bonchev–Trinajstić information content (AvgIpc) is 3.32. The van der Waals surface area contributed by atoms with Gasteiger partial charge in [0.25, 0.3) is 0 Å². The van der Waals surface area contributed by atoms with Crippen LogP contribution in [0, 0.1) is 6.92 Å². The molecule has 0 saturated heterocycles. The maximum Gasteiger partial charge on any atom is 0.168 e. The SMILES string of the molecule is CCCCc1nnc(-c2nn(-c3ccc(Cl)cc3Cl)c(-c3ccc(Cl)cc3)c2C)s1. The van der Waals surface area contributed by atoms with Gasteiger partial charge in [0, 0.05) is 27.6 Å². The van der Waals surface area contributed by atoms with Gasteiger partial charge in [0.15, 0.2) is 5.01 Å². The first-order valence-electron chi connectivity index (χ1n) is 9.61. The lowest BCUT2D eigenvalue weighted by atomic mass is 10.1. The number of unbranched alkanes of at least 4 members (excludes halogenated alkanes) is 1. The molecule has 0 aliphatic heterocycles. The lowest BCUT2D eigenvalue weighted by Gasteiger charge is -2.11. The van der Waals surface area contributed by atoms with E-state index in [0.29, 0.717) is 15.1 Å². The molecule has 0 unspecified atom stereocenters. The summed E-state index contributed by atoms with van der Waals surface area (Å²) in [6, 6.07) is 13.1. The molecule has 0 atom stereocenters. The quantitative estimate of drug-likeness (QED) is 0.286. The van der Waals surface area contributed by atoms with Crippen LogP contribution in [0.4, 0.5) is 0 Å². The van der Waals surface area contributed by atoms with Crippen molar-refractivity contribution in [3.8, 4) is 27.6 Å². The van der Waals surface area contributed by atoms with Crippen molar-refractivity contribution in [2.45, 2.75) is 33.1 Å². The van der Waals surface area contributed by atoms with Crippen molar-refractivity contribution in [2.24, 2.45) is 0 Å². The second-order valence-electron chi connectivity index (χ2n) is 6.94. The Kier molecular flexibility index (Phi) is 6.44. The van der Waals surface area contributed by atoms with Crippen molar-refractivity contribution in [3.05, 3.63) is 68.1 Å². The number of nitrogens with zero attached hydrogens (tertiary/aromatic N) is 4. The summed E-state index contributed by atoms with van der Waals surface area (Å²) in [7, 11) is 0. The van der Waals surface area contributed by atoms with Gasteiger partial charge in [0.1, 0.15) is 10.7 Å². The van der Waals surface area contributed by atoms with Crippen molar-refractivity contribution in [2.75, 3.05) is 0 Å². The van der Waals surface area contributed by atoms with Crippen LogP contribution in [0.5, 0.6) is 0 Å². The summed E-state index contributed by atoms with van der Waals surface area (Å²) >= 11 is 20.3. The normalized spacial score (nSPS) is 11.2. The maximum absolute atomic E-state index is 6.53. The monoisotopic (exact) mass is 476 g/mol. The maximum atomic E-state index is 6.53. The van der Waals surface area contributed by atoms with Gasteiger partial charge in [-0.1, -0.05) is 71.6 Å². The third-order valence-corrected chi connectivity index (χ3v) is 6.57. The molecule has 0 radical (unpaired) electrons. The van der Waals surface area contributed by atoms with Crippen LogP contribution >= 0.6 is 46.1 Å². The van der Waals surface area contributed by atoms with Crippen LogP contribution in [-0.4, -0.2) is 20.0 Å². The lowest BCUT2D eigenvalue weighted by Crippen LogP contribution is -2.00. The van der Waals surface area contributed by atoms with Crippen LogP contribution in [0.25, 0.3) is 27.6 Å². The van der Waals surface area contributed by atoms with Gasteiger partial charge >= 0.3 is 0 Å². The van der Waals surface area contributed by atoms with E-state index < -0.39 is 0 Å². The highest BCUT2D eigenvalue weighted by molar-refractivity contribution is 7.14. The zero-order chi connectivity index (χ0) is 21.3. The van der Waals surface area contributed by atoms with Crippen LogP contribution in [-0.2, 0) is 6.42 Å². The molecule has 4 aromatic rings. The molecule has 4 rings (SSSR count). The number of hydrogen-bond acceptors (Lipinski definition) is 4. The highest BCUT2D eigenvalue weighted by atomic mass is 35.5. The predicted octanol–water partition coefficient (Wildman–Crippen LogP) is 7.67. The molecule has 0 aliphatic rings. The van der Waals surface area contributed by atoms with Gasteiger partial charge in [0.05, 0.1) is 16.4 Å². The first-order chi connectivity index (χ1) is 14.5. The van der Waals surface area contributed by atoms with Gasteiger partial charge in [-0.05, 0) is 43.7 Å². The number of aromatic nitrogens is 4. The van der Waals surface area contributed by atoms with Crippen LogP contribution in [0.2, 0.25) is 15.1 Å². The molecule has 0 fully saturated rings. The van der Waals surface area contributed by atoms with Crippen LogP contribution in [0.1, 0.15) is 30.3 Å². The second-order valence-corrected chi connectivity index (χ2v) is 9.28. The molecule has 0 bridgehead atoms. The molecule has 0 N–H and O–H groups in total. The minimum atomic E-state index is 0.521. The van der Waals surface area contributed by atoms with E-state index in [9.17, 15) is 0 Å². The predicted molar refractivity (Wildman–Crippen MR) is 126 cm³/mol. The third-order valence-electron chi connectivity index (χ3n) is 4.79. The largest absolute Gasteiger partial charge is 0.231 e. The average molecular weight is 478 g/mol. The van der Waals surface area contributed by atoms with Gasteiger partial charge in [-0.15, -0.1) is 10.2 Å². The molecule has 2 heterocycles. The van der Waals surface area contributed by atoms with E-state index in [0.717, 1.165) is 57.5 Å². The number of rotatable bonds is 6. The minimum absolute atomic E-state index is 0.521. The van der Waals surface area contributed by atoms with E-state index in [1.807, 2.05) is 41.9 Å². The smallest absolute Gasteiger partial charge is 0.168 e. The van der Waals surface area contributed by atoms with Gasteiger partial charge < -0.3 is 0 Å². The number of halogens is 3. The summed E-state index contributed by atoms with van der Waals surface area (Å²) in [5, 5.41) is 17.3. The van der Waals surface area contributed by atoms with Crippen LogP contribution < -0.4 is 0 Å². The number of benzene rings is 2. The summed E-state index contributed by atoms with van der Waals surface area (Å²) in [5.41, 5.74) is 4.46. The molecular formula is C22H19Cl3N4S. The van der Waals surface area contributed by atoms with Gasteiger partial charge in [-0.25, -0.2) is 4.68 Å². The molecule has 2 aromatic heterocycles. The summed E-state index contributed by atoms with van der Waals surface area (Å²) in [6.45, 7) is 4.21. The number of aryl methyl sites for hydroxylation is 1. The fourth-order valence-corrected chi connectivity index (χ4v) is 4.79. The topological polar surface area (TPSA) is 43.6 Å². The van der Waals surface area contributed by atoms with Crippen molar-refractivity contribution >= 4 is 46.1 Å². The molecule has 154 valence electrons. The zero-order valence-electron chi connectivity index (χ0n) is 16.5. The Labute approximate surface area is 194 Å². The fourth-order valence-electron chi connectivity index (χ4n) is 3.25. The molecule has 0 aliphatic carbocycles. The molecule has 2 aromatic carbocycles. The summed E-state index contributed by atoms with van der Waals surface area (Å²) in [5.74, 6) is 0. The summed E-state index contributed by atoms with van der Waals surface area (Å²) in [4.78, 5) is 0. The van der Waals surface area contributed by atoms with Crippen LogP contribution in [0.3, 0.4) is 0 Å². The molecule has 0 spiro atoms. The molecule has 0 saturated carbocycles.